The Morgan fingerprint density at radius 2 is 1.84 bits per heavy atom. The van der Waals surface area contributed by atoms with E-state index in [0.29, 0.717) is 5.69 Å². The zero-order valence-corrected chi connectivity index (χ0v) is 16.7. The van der Waals surface area contributed by atoms with Crippen LogP contribution in [-0.2, 0) is 14.8 Å². The Morgan fingerprint density at radius 1 is 1.20 bits per heavy atom. The van der Waals surface area contributed by atoms with Gasteiger partial charge in [0.05, 0.1) is 23.3 Å². The molecule has 0 unspecified atom stereocenters. The Labute approximate surface area is 156 Å². The van der Waals surface area contributed by atoms with Gasteiger partial charge in [0.2, 0.25) is 15.9 Å². The number of pyridine rings is 1. The third-order valence-corrected chi connectivity index (χ3v) is 5.94. The number of rotatable bonds is 6. The smallest absolute Gasteiger partial charge is 0.243 e. The zero-order valence-electron chi connectivity index (χ0n) is 14.3. The summed E-state index contributed by atoms with van der Waals surface area (Å²) in [7, 11) is -2.34. The number of nitrogens with zero attached hydrogens (tertiary/aromatic N) is 3. The number of aromatic nitrogens is 1. The Balaban J connectivity index is 2.21. The second-order valence-corrected chi connectivity index (χ2v) is 8.74. The van der Waals surface area contributed by atoms with Crippen LogP contribution in [0.4, 0.5) is 5.69 Å². The van der Waals surface area contributed by atoms with Crippen molar-refractivity contribution in [3.63, 3.8) is 0 Å². The van der Waals surface area contributed by atoms with Crippen molar-refractivity contribution in [1.82, 2.24) is 9.29 Å². The first kappa shape index (κ1) is 19.6. The summed E-state index contributed by atoms with van der Waals surface area (Å²) >= 11 is 3.28. The Morgan fingerprint density at radius 3 is 2.36 bits per heavy atom. The second-order valence-electron chi connectivity index (χ2n) is 5.78. The summed E-state index contributed by atoms with van der Waals surface area (Å²) in [5.74, 6) is -0.314. The number of carbonyl (C=O) groups is 1. The highest BCUT2D eigenvalue weighted by molar-refractivity contribution is 9.10. The molecule has 0 aliphatic carbocycles. The predicted molar refractivity (Wildman–Crippen MR) is 101 cm³/mol. The van der Waals surface area contributed by atoms with E-state index in [1.165, 1.54) is 19.2 Å². The van der Waals surface area contributed by atoms with Gasteiger partial charge in [-0.1, -0.05) is 15.9 Å². The zero-order chi connectivity index (χ0) is 18.6. The summed E-state index contributed by atoms with van der Waals surface area (Å²) in [6.45, 7) is 3.48. The van der Waals surface area contributed by atoms with E-state index in [1.54, 1.807) is 41.6 Å². The SMILES string of the molecule is CC(C)N(C(=O)CN(C)S(=O)(=O)c1ccc(Br)cc1)c1cccnc1. The van der Waals surface area contributed by atoms with Gasteiger partial charge in [0.1, 0.15) is 0 Å². The molecule has 0 spiro atoms. The number of carbonyl (C=O) groups excluding carboxylic acids is 1. The van der Waals surface area contributed by atoms with Crippen LogP contribution in [-0.4, -0.2) is 43.2 Å². The van der Waals surface area contributed by atoms with Crippen LogP contribution in [0, 0.1) is 0 Å². The lowest BCUT2D eigenvalue weighted by atomic mass is 10.2. The van der Waals surface area contributed by atoms with Crippen LogP contribution in [0.3, 0.4) is 0 Å². The molecule has 0 aliphatic heterocycles. The minimum absolute atomic E-state index is 0.125. The van der Waals surface area contributed by atoms with Crippen LogP contribution in [0.25, 0.3) is 0 Å². The fourth-order valence-corrected chi connectivity index (χ4v) is 3.75. The number of halogens is 1. The Hall–Kier alpha value is -1.77. The lowest BCUT2D eigenvalue weighted by Crippen LogP contribution is -2.44. The van der Waals surface area contributed by atoms with E-state index < -0.39 is 10.0 Å². The summed E-state index contributed by atoms with van der Waals surface area (Å²) in [5.41, 5.74) is 0.636. The molecule has 0 bridgehead atoms. The van der Waals surface area contributed by atoms with Crippen molar-refractivity contribution in [2.24, 2.45) is 0 Å². The fraction of sp³-hybridized carbons (Fsp3) is 0.294. The maximum Gasteiger partial charge on any atom is 0.243 e. The van der Waals surface area contributed by atoms with E-state index in [9.17, 15) is 13.2 Å². The maximum atomic E-state index is 12.7. The van der Waals surface area contributed by atoms with Gasteiger partial charge in [0.15, 0.2) is 0 Å². The van der Waals surface area contributed by atoms with Gasteiger partial charge < -0.3 is 4.90 Å². The van der Waals surface area contributed by atoms with Crippen LogP contribution in [0.2, 0.25) is 0 Å². The van der Waals surface area contributed by atoms with Crippen LogP contribution < -0.4 is 4.90 Å². The molecule has 0 aliphatic rings. The second kappa shape index (κ2) is 8.07. The molecule has 2 aromatic rings. The molecule has 0 saturated carbocycles. The molecule has 1 aromatic carbocycles. The molecule has 25 heavy (non-hydrogen) atoms. The van der Waals surface area contributed by atoms with E-state index in [-0.39, 0.29) is 23.4 Å². The van der Waals surface area contributed by atoms with Crippen molar-refractivity contribution >= 4 is 37.5 Å². The highest BCUT2D eigenvalue weighted by Crippen LogP contribution is 2.20. The normalized spacial score (nSPS) is 11.8. The molecule has 0 N–H and O–H groups in total. The monoisotopic (exact) mass is 425 g/mol. The average molecular weight is 426 g/mol. The number of amides is 1. The molecule has 8 heteroatoms. The number of anilines is 1. The van der Waals surface area contributed by atoms with Crippen LogP contribution >= 0.6 is 15.9 Å². The van der Waals surface area contributed by atoms with E-state index >= 15 is 0 Å². The molecule has 0 saturated heterocycles. The van der Waals surface area contributed by atoms with E-state index in [0.717, 1.165) is 8.78 Å². The Bertz CT molecular complexity index is 824. The fourth-order valence-electron chi connectivity index (χ4n) is 2.36. The van der Waals surface area contributed by atoms with Crippen LogP contribution in [0.5, 0.6) is 0 Å². The van der Waals surface area contributed by atoms with E-state index in [1.807, 2.05) is 13.8 Å². The van der Waals surface area contributed by atoms with Gasteiger partial charge in [-0.05, 0) is 50.2 Å². The van der Waals surface area contributed by atoms with Crippen molar-refractivity contribution in [1.29, 1.82) is 0 Å². The van der Waals surface area contributed by atoms with Gasteiger partial charge in [-0.3, -0.25) is 9.78 Å². The standard InChI is InChI=1S/C17H20BrN3O3S/c1-13(2)21(15-5-4-10-19-11-15)17(22)12-20(3)25(23,24)16-8-6-14(18)7-9-16/h4-11,13H,12H2,1-3H3. The molecule has 2 rings (SSSR count). The van der Waals surface area contributed by atoms with E-state index in [4.69, 9.17) is 0 Å². The predicted octanol–water partition coefficient (Wildman–Crippen LogP) is 2.91. The first-order chi connectivity index (χ1) is 11.7. The van der Waals surface area contributed by atoms with Gasteiger partial charge in [-0.15, -0.1) is 0 Å². The minimum Gasteiger partial charge on any atom is -0.307 e. The quantitative estimate of drug-likeness (QED) is 0.712. The largest absolute Gasteiger partial charge is 0.307 e. The lowest BCUT2D eigenvalue weighted by molar-refractivity contribution is -0.119. The molecule has 1 amide bonds. The summed E-state index contributed by atoms with van der Waals surface area (Å²) in [6, 6.07) is 9.69. The minimum atomic E-state index is -3.74. The summed E-state index contributed by atoms with van der Waals surface area (Å²) in [6.07, 6.45) is 3.21. The third kappa shape index (κ3) is 4.65. The Kier molecular flexibility index (Phi) is 6.31. The van der Waals surface area contributed by atoms with E-state index in [2.05, 4.69) is 20.9 Å². The van der Waals surface area contributed by atoms with Crippen molar-refractivity contribution in [2.45, 2.75) is 24.8 Å². The summed E-state index contributed by atoms with van der Waals surface area (Å²) in [5, 5.41) is 0. The average Bonchev–Trinajstić information content (AvgIpc) is 2.56. The van der Waals surface area contributed by atoms with Gasteiger partial charge in [0, 0.05) is 23.8 Å². The molecular formula is C17H20BrN3O3S. The molecule has 1 aromatic heterocycles. The third-order valence-electron chi connectivity index (χ3n) is 3.59. The summed E-state index contributed by atoms with van der Waals surface area (Å²) < 4.78 is 27.1. The highest BCUT2D eigenvalue weighted by Gasteiger charge is 2.27. The molecule has 0 radical (unpaired) electrons. The van der Waals surface area contributed by atoms with Crippen LogP contribution in [0.1, 0.15) is 13.8 Å². The van der Waals surface area contributed by atoms with Gasteiger partial charge >= 0.3 is 0 Å². The van der Waals surface area contributed by atoms with Crippen molar-refractivity contribution in [2.75, 3.05) is 18.5 Å². The first-order valence-electron chi connectivity index (χ1n) is 7.67. The first-order valence-corrected chi connectivity index (χ1v) is 9.91. The molecule has 6 nitrogen and oxygen atoms in total. The molecule has 0 fully saturated rings. The number of likely N-dealkylation sites (N-methyl/N-ethyl adjacent to an activating group) is 1. The number of sulfonamides is 1. The lowest BCUT2D eigenvalue weighted by Gasteiger charge is -2.28. The number of hydrogen-bond acceptors (Lipinski definition) is 4. The van der Waals surface area contributed by atoms with Crippen molar-refractivity contribution in [3.05, 3.63) is 53.3 Å². The number of hydrogen-bond donors (Lipinski definition) is 0. The topological polar surface area (TPSA) is 70.6 Å². The van der Waals surface area contributed by atoms with Crippen LogP contribution in [0.15, 0.2) is 58.2 Å². The van der Waals surface area contributed by atoms with Crippen molar-refractivity contribution in [3.8, 4) is 0 Å². The van der Waals surface area contributed by atoms with Gasteiger partial charge in [-0.25, -0.2) is 8.42 Å². The van der Waals surface area contributed by atoms with Gasteiger partial charge in [-0.2, -0.15) is 4.31 Å². The molecule has 0 atom stereocenters. The maximum absolute atomic E-state index is 12.7. The van der Waals surface area contributed by atoms with Gasteiger partial charge in [0.25, 0.3) is 0 Å². The summed E-state index contributed by atoms with van der Waals surface area (Å²) in [4.78, 5) is 18.4. The highest BCUT2D eigenvalue weighted by atomic mass is 79.9. The number of benzene rings is 1. The molecular weight excluding hydrogens is 406 g/mol. The van der Waals surface area contributed by atoms with Crippen molar-refractivity contribution < 1.29 is 13.2 Å². The molecule has 1 heterocycles. The molecule has 134 valence electrons.